The third-order valence-corrected chi connectivity index (χ3v) is 19.8. The van der Waals surface area contributed by atoms with Crippen molar-refractivity contribution in [1.29, 1.82) is 0 Å². The molecule has 0 amide bonds. The van der Waals surface area contributed by atoms with E-state index in [1.807, 2.05) is 0 Å². The molecule has 14 heteroatoms. The van der Waals surface area contributed by atoms with Crippen LogP contribution in [-0.4, -0.2) is 127 Å². The fraction of sp³-hybridized carbons (Fsp3) is 0.857. The second-order valence-electron chi connectivity index (χ2n) is 15.9. The lowest BCUT2D eigenvalue weighted by molar-refractivity contribution is 0.0171. The molecule has 0 aliphatic carbocycles. The molecule has 1 rings (SSSR count). The number of rotatable bonds is 36. The van der Waals surface area contributed by atoms with Crippen LogP contribution in [0.1, 0.15) is 135 Å². The summed E-state index contributed by atoms with van der Waals surface area (Å²) in [5.41, 5.74) is 3.25. The van der Waals surface area contributed by atoms with Gasteiger partial charge in [-0.3, -0.25) is 0 Å². The third kappa shape index (κ3) is 21.1. The van der Waals surface area contributed by atoms with Gasteiger partial charge in [-0.15, -0.1) is 0 Å². The van der Waals surface area contributed by atoms with Crippen molar-refractivity contribution in [2.24, 2.45) is 0 Å². The molecule has 0 aliphatic heterocycles. The molecule has 6 unspecified atom stereocenters. The summed E-state index contributed by atoms with van der Waals surface area (Å²) < 4.78 is 50.2. The van der Waals surface area contributed by atoms with Gasteiger partial charge in [0, 0.05) is 89.4 Å². The van der Waals surface area contributed by atoms with E-state index in [-0.39, 0.29) is 22.7 Å². The monoisotopic (exact) mass is 861 g/mol. The van der Waals surface area contributed by atoms with E-state index in [0.717, 1.165) is 64.7 Å². The SMILES string of the molecule is CCO[SiH](OCC)C(C)CCN(CCC(C)(OCC)[SiH2]OC(C)CC)c1ccc(N(CCC(C)[SiH](OCC)OCC)CCC(C)(OCC)[SiH2]OC(C)CC)cc1. The Morgan fingerprint density at radius 3 is 1.11 bits per heavy atom. The number of anilines is 2. The minimum Gasteiger partial charge on any atom is -0.418 e. The van der Waals surface area contributed by atoms with Crippen molar-refractivity contribution >= 4 is 49.5 Å². The highest BCUT2D eigenvalue weighted by Gasteiger charge is 2.31. The van der Waals surface area contributed by atoms with Gasteiger partial charge in [0.25, 0.3) is 0 Å². The van der Waals surface area contributed by atoms with Crippen molar-refractivity contribution < 1.29 is 36.0 Å². The number of ether oxygens (including phenoxy) is 2. The summed E-state index contributed by atoms with van der Waals surface area (Å²) in [5.74, 6) is 0. The zero-order valence-electron chi connectivity index (χ0n) is 38.7. The number of hydrogen-bond donors (Lipinski definition) is 0. The van der Waals surface area contributed by atoms with Crippen LogP contribution in [0.15, 0.2) is 24.3 Å². The van der Waals surface area contributed by atoms with Crippen molar-refractivity contribution in [1.82, 2.24) is 0 Å². The molecule has 330 valence electrons. The summed E-state index contributed by atoms with van der Waals surface area (Å²) in [6, 6.07) is 9.29. The fourth-order valence-electron chi connectivity index (χ4n) is 6.70. The Balaban J connectivity index is 3.46. The van der Waals surface area contributed by atoms with Gasteiger partial charge in [0.05, 0.1) is 10.4 Å². The molecule has 0 N–H and O–H groups in total. The normalized spacial score (nSPS) is 16.9. The molecule has 0 saturated heterocycles. The van der Waals surface area contributed by atoms with E-state index in [4.69, 9.17) is 36.0 Å². The third-order valence-electron chi connectivity index (χ3n) is 10.8. The van der Waals surface area contributed by atoms with Crippen molar-refractivity contribution in [3.63, 3.8) is 0 Å². The van der Waals surface area contributed by atoms with Gasteiger partial charge in [0.1, 0.15) is 0 Å². The van der Waals surface area contributed by atoms with Crippen LogP contribution in [0.2, 0.25) is 11.1 Å². The zero-order valence-corrected chi connectivity index (χ0v) is 43.8. The average molecular weight is 862 g/mol. The molecule has 0 aliphatic rings. The van der Waals surface area contributed by atoms with E-state index in [2.05, 4.69) is 131 Å². The Kier molecular flexibility index (Phi) is 29.0. The van der Waals surface area contributed by atoms with E-state index in [1.165, 1.54) is 11.4 Å². The Morgan fingerprint density at radius 2 is 0.839 bits per heavy atom. The molecular formula is C42H88N2O8Si4. The first-order valence-electron chi connectivity index (χ1n) is 22.3. The molecule has 0 fully saturated rings. The molecule has 0 heterocycles. The van der Waals surface area contributed by atoms with Gasteiger partial charge >= 0.3 is 18.6 Å². The molecule has 6 atom stereocenters. The lowest BCUT2D eigenvalue weighted by Gasteiger charge is -2.35. The number of nitrogens with zero attached hydrogens (tertiary/aromatic N) is 2. The maximum Gasteiger partial charge on any atom is 0.324 e. The number of hydrogen-bond acceptors (Lipinski definition) is 10. The molecule has 0 radical (unpaired) electrons. The molecule has 10 nitrogen and oxygen atoms in total. The van der Waals surface area contributed by atoms with Crippen LogP contribution < -0.4 is 9.80 Å². The van der Waals surface area contributed by atoms with Crippen LogP contribution in [0.3, 0.4) is 0 Å². The minimum absolute atomic E-state index is 0.233. The smallest absolute Gasteiger partial charge is 0.324 e. The summed E-state index contributed by atoms with van der Waals surface area (Å²) in [6.45, 7) is 38.2. The summed E-state index contributed by atoms with van der Waals surface area (Å²) >= 11 is 0. The maximum atomic E-state index is 6.43. The summed E-state index contributed by atoms with van der Waals surface area (Å²) in [5, 5.41) is -0.467. The Hall–Kier alpha value is -0.632. The van der Waals surface area contributed by atoms with Gasteiger partial charge in [0.2, 0.25) is 0 Å². The van der Waals surface area contributed by atoms with Crippen molar-refractivity contribution in [2.75, 3.05) is 75.6 Å². The van der Waals surface area contributed by atoms with Gasteiger partial charge in [-0.1, -0.05) is 27.7 Å². The lowest BCUT2D eigenvalue weighted by atomic mass is 10.1. The van der Waals surface area contributed by atoms with Crippen LogP contribution in [0, 0.1) is 0 Å². The predicted octanol–water partition coefficient (Wildman–Crippen LogP) is 7.53. The summed E-state index contributed by atoms with van der Waals surface area (Å²) in [7, 11) is -5.37. The van der Waals surface area contributed by atoms with Crippen molar-refractivity contribution in [2.45, 2.75) is 169 Å². The topological polar surface area (TPSA) is 80.3 Å². The second kappa shape index (κ2) is 30.4. The highest BCUT2D eigenvalue weighted by atomic mass is 28.3. The number of benzene rings is 1. The first kappa shape index (κ1) is 53.4. The molecule has 1 aromatic carbocycles. The van der Waals surface area contributed by atoms with E-state index in [1.54, 1.807) is 0 Å². The molecule has 0 bridgehead atoms. The molecule has 0 spiro atoms. The quantitative estimate of drug-likeness (QED) is 0.0633. The molecule has 1 aromatic rings. The molecular weight excluding hydrogens is 773 g/mol. The summed E-state index contributed by atoms with van der Waals surface area (Å²) in [6.07, 6.45) is 6.44. The second-order valence-corrected chi connectivity index (χ2v) is 25.2. The van der Waals surface area contributed by atoms with E-state index >= 15 is 0 Å². The van der Waals surface area contributed by atoms with Crippen LogP contribution in [0.4, 0.5) is 11.4 Å². The van der Waals surface area contributed by atoms with Crippen molar-refractivity contribution in [3.05, 3.63) is 24.3 Å². The Morgan fingerprint density at radius 1 is 0.518 bits per heavy atom. The average Bonchev–Trinajstić information content (AvgIpc) is 3.19. The highest BCUT2D eigenvalue weighted by molar-refractivity contribution is 6.46. The molecule has 56 heavy (non-hydrogen) atoms. The van der Waals surface area contributed by atoms with Gasteiger partial charge in [-0.05, 0) is 143 Å². The van der Waals surface area contributed by atoms with E-state index < -0.39 is 38.1 Å². The molecule has 0 saturated carbocycles. The first-order valence-corrected chi connectivity index (χ1v) is 28.1. The van der Waals surface area contributed by atoms with Gasteiger partial charge in [-0.2, -0.15) is 0 Å². The van der Waals surface area contributed by atoms with Crippen LogP contribution in [0.5, 0.6) is 0 Å². The van der Waals surface area contributed by atoms with Gasteiger partial charge in [0.15, 0.2) is 19.5 Å². The van der Waals surface area contributed by atoms with Gasteiger partial charge < -0.3 is 45.8 Å². The largest absolute Gasteiger partial charge is 0.418 e. The minimum atomic E-state index is -1.77. The van der Waals surface area contributed by atoms with Crippen LogP contribution >= 0.6 is 0 Å². The zero-order chi connectivity index (χ0) is 42.0. The Bertz CT molecular complexity index is 1010. The predicted molar refractivity (Wildman–Crippen MR) is 248 cm³/mol. The lowest BCUT2D eigenvalue weighted by Crippen LogP contribution is -2.43. The summed E-state index contributed by atoms with van der Waals surface area (Å²) in [4.78, 5) is 5.10. The highest BCUT2D eigenvalue weighted by Crippen LogP contribution is 2.28. The fourth-order valence-corrected chi connectivity index (χ4v) is 13.3. The Labute approximate surface area is 353 Å². The van der Waals surface area contributed by atoms with Crippen molar-refractivity contribution in [3.8, 4) is 0 Å². The standard InChI is InChI=1S/C42H88N2O8Si4/c1-15-35(9)51-53-41(13,45-17-3)29-33-43(31-27-37(11)55(47-19-5)48-20-6)39-23-25-40(26-24-39)44(32-28-38(12)56(49-21-7)50-22-8)34-30-42(14,46-18-4)54-52-36(10)16-2/h23-26,35-38,55-56H,15-22,27-34,53-54H2,1-14H3. The maximum absolute atomic E-state index is 6.43. The van der Waals surface area contributed by atoms with Gasteiger partial charge in [-0.25, -0.2) is 0 Å². The molecule has 0 aromatic heterocycles. The first-order chi connectivity index (χ1) is 26.8. The van der Waals surface area contributed by atoms with Crippen LogP contribution in [0.25, 0.3) is 0 Å². The van der Waals surface area contributed by atoms with E-state index in [9.17, 15) is 0 Å². The van der Waals surface area contributed by atoms with E-state index in [0.29, 0.717) is 50.7 Å². The van der Waals surface area contributed by atoms with Crippen LogP contribution in [-0.2, 0) is 36.0 Å².